The van der Waals surface area contributed by atoms with E-state index >= 15 is 0 Å². The first kappa shape index (κ1) is 14.6. The molecule has 0 amide bonds. The van der Waals surface area contributed by atoms with E-state index < -0.39 is 0 Å². The van der Waals surface area contributed by atoms with Gasteiger partial charge >= 0.3 is 0 Å². The van der Waals surface area contributed by atoms with Crippen LogP contribution in [0.4, 0.5) is 0 Å². The number of rotatable bonds is 2. The Morgan fingerprint density at radius 1 is 0.905 bits per heavy atom. The summed E-state index contributed by atoms with van der Waals surface area (Å²) < 4.78 is 0. The largest absolute Gasteiger partial charge is 0.292 e. The molecular formula is C19H28N2. The van der Waals surface area contributed by atoms with E-state index in [1.54, 1.807) is 0 Å². The minimum atomic E-state index is 0.619. The third-order valence-electron chi connectivity index (χ3n) is 5.24. The van der Waals surface area contributed by atoms with Gasteiger partial charge in [-0.25, -0.2) is 0 Å². The fourth-order valence-corrected chi connectivity index (χ4v) is 3.88. The molecule has 2 heteroatoms. The maximum atomic E-state index is 5.04. The molecule has 2 unspecified atom stereocenters. The summed E-state index contributed by atoms with van der Waals surface area (Å²) in [5.41, 5.74) is 2.94. The second-order valence-electron chi connectivity index (χ2n) is 6.86. The molecule has 2 nitrogen and oxygen atoms in total. The monoisotopic (exact) mass is 284 g/mol. The summed E-state index contributed by atoms with van der Waals surface area (Å²) in [6.07, 6.45) is 8.84. The van der Waals surface area contributed by atoms with Crippen LogP contribution in [0, 0.1) is 0 Å². The van der Waals surface area contributed by atoms with Crippen LogP contribution in [-0.4, -0.2) is 22.8 Å². The second-order valence-corrected chi connectivity index (χ2v) is 6.86. The van der Waals surface area contributed by atoms with Gasteiger partial charge in [-0.3, -0.25) is 5.01 Å². The molecular weight excluding hydrogens is 256 g/mol. The van der Waals surface area contributed by atoms with Gasteiger partial charge in [-0.05, 0) is 70.3 Å². The number of nitrogens with zero attached hydrogens (tertiary/aromatic N) is 2. The van der Waals surface area contributed by atoms with Crippen molar-refractivity contribution in [2.24, 2.45) is 5.10 Å². The average molecular weight is 284 g/mol. The fourth-order valence-electron chi connectivity index (χ4n) is 3.88. The van der Waals surface area contributed by atoms with Gasteiger partial charge in [0.1, 0.15) is 0 Å². The molecule has 1 aliphatic carbocycles. The second kappa shape index (κ2) is 6.64. The van der Waals surface area contributed by atoms with E-state index in [2.05, 4.69) is 49.2 Å². The highest BCUT2D eigenvalue weighted by Gasteiger charge is 2.25. The van der Waals surface area contributed by atoms with Crippen LogP contribution in [0.1, 0.15) is 70.3 Å². The van der Waals surface area contributed by atoms with E-state index in [1.807, 2.05) is 0 Å². The lowest BCUT2D eigenvalue weighted by atomic mass is 9.83. The molecule has 3 rings (SSSR count). The van der Waals surface area contributed by atoms with E-state index in [4.69, 9.17) is 5.10 Å². The zero-order valence-electron chi connectivity index (χ0n) is 13.5. The highest BCUT2D eigenvalue weighted by Crippen LogP contribution is 2.32. The molecule has 0 spiro atoms. The molecule has 114 valence electrons. The third-order valence-corrected chi connectivity index (χ3v) is 5.24. The molecule has 1 saturated carbocycles. The third kappa shape index (κ3) is 3.48. The van der Waals surface area contributed by atoms with Crippen LogP contribution in [0.2, 0.25) is 0 Å². The lowest BCUT2D eigenvalue weighted by molar-refractivity contribution is 0.107. The van der Waals surface area contributed by atoms with Crippen LogP contribution in [-0.2, 0) is 0 Å². The predicted molar refractivity (Wildman–Crippen MR) is 89.7 cm³/mol. The Morgan fingerprint density at radius 3 is 2.14 bits per heavy atom. The Kier molecular flexibility index (Phi) is 4.62. The summed E-state index contributed by atoms with van der Waals surface area (Å²) in [4.78, 5) is 0. The van der Waals surface area contributed by atoms with Crippen molar-refractivity contribution in [3.63, 3.8) is 0 Å². The van der Waals surface area contributed by atoms with Crippen LogP contribution >= 0.6 is 0 Å². The summed E-state index contributed by atoms with van der Waals surface area (Å²) in [6, 6.07) is 12.2. The van der Waals surface area contributed by atoms with E-state index in [0.29, 0.717) is 12.1 Å². The summed E-state index contributed by atoms with van der Waals surface area (Å²) in [7, 11) is 0. The van der Waals surface area contributed by atoms with E-state index in [0.717, 1.165) is 5.92 Å². The van der Waals surface area contributed by atoms with Crippen LogP contribution in [0.15, 0.2) is 35.4 Å². The van der Waals surface area contributed by atoms with Crippen molar-refractivity contribution < 1.29 is 0 Å². The average Bonchev–Trinajstić information content (AvgIpc) is 2.53. The van der Waals surface area contributed by atoms with Gasteiger partial charge in [-0.1, -0.05) is 30.3 Å². The van der Waals surface area contributed by atoms with E-state index in [9.17, 15) is 0 Å². The van der Waals surface area contributed by atoms with Crippen LogP contribution in [0.25, 0.3) is 0 Å². The molecule has 0 aromatic heterocycles. The summed E-state index contributed by atoms with van der Waals surface area (Å²) in [6.45, 7) is 4.66. The summed E-state index contributed by atoms with van der Waals surface area (Å²) in [5.74, 6) is 0.737. The first-order valence-electron chi connectivity index (χ1n) is 8.63. The highest BCUT2D eigenvalue weighted by atomic mass is 15.5. The van der Waals surface area contributed by atoms with Crippen LogP contribution < -0.4 is 0 Å². The molecule has 2 aliphatic rings. The Bertz CT molecular complexity index is 460. The zero-order chi connectivity index (χ0) is 14.7. The quantitative estimate of drug-likeness (QED) is 0.749. The van der Waals surface area contributed by atoms with Gasteiger partial charge in [-0.2, -0.15) is 5.10 Å². The summed E-state index contributed by atoms with van der Waals surface area (Å²) in [5, 5.41) is 7.43. The molecule has 1 heterocycles. The van der Waals surface area contributed by atoms with Crippen LogP contribution in [0.3, 0.4) is 0 Å². The molecule has 0 bridgehead atoms. The molecule has 0 radical (unpaired) electrons. The standard InChI is InChI=1S/C19H28N2/c1-15-7-6-8-16(2)21(15)20-19-13-11-18(12-14-19)17-9-4-3-5-10-17/h3-5,9-10,15-16,18H,6-8,11-14H2,1-2H3. The maximum absolute atomic E-state index is 5.04. The minimum Gasteiger partial charge on any atom is -0.292 e. The molecule has 2 atom stereocenters. The number of hydrogen-bond donors (Lipinski definition) is 0. The lowest BCUT2D eigenvalue weighted by Crippen LogP contribution is -2.40. The summed E-state index contributed by atoms with van der Waals surface area (Å²) >= 11 is 0. The topological polar surface area (TPSA) is 15.6 Å². The van der Waals surface area contributed by atoms with Gasteiger partial charge in [0.15, 0.2) is 0 Å². The Morgan fingerprint density at radius 2 is 1.52 bits per heavy atom. The van der Waals surface area contributed by atoms with Gasteiger partial charge in [-0.15, -0.1) is 0 Å². The van der Waals surface area contributed by atoms with Crippen molar-refractivity contribution in [3.8, 4) is 0 Å². The zero-order valence-corrected chi connectivity index (χ0v) is 13.5. The van der Waals surface area contributed by atoms with Gasteiger partial charge < -0.3 is 0 Å². The molecule has 21 heavy (non-hydrogen) atoms. The van der Waals surface area contributed by atoms with E-state index in [1.165, 1.54) is 56.2 Å². The SMILES string of the molecule is CC1CCCC(C)N1N=C1CCC(c2ccccc2)CC1. The molecule has 1 saturated heterocycles. The lowest BCUT2D eigenvalue weighted by Gasteiger charge is -2.38. The Hall–Kier alpha value is -1.31. The molecule has 2 fully saturated rings. The smallest absolute Gasteiger partial charge is 0.0445 e. The normalized spacial score (nSPS) is 30.3. The predicted octanol–water partition coefficient (Wildman–Crippen LogP) is 4.96. The van der Waals surface area contributed by atoms with Gasteiger partial charge in [0.25, 0.3) is 0 Å². The van der Waals surface area contributed by atoms with Crippen molar-refractivity contribution in [1.82, 2.24) is 5.01 Å². The number of piperidine rings is 1. The first-order valence-corrected chi connectivity index (χ1v) is 8.63. The van der Waals surface area contributed by atoms with Gasteiger partial charge in [0.05, 0.1) is 0 Å². The number of benzene rings is 1. The Balaban J connectivity index is 1.61. The molecule has 1 aromatic carbocycles. The Labute approximate surface area is 129 Å². The molecule has 0 N–H and O–H groups in total. The van der Waals surface area contributed by atoms with Crippen molar-refractivity contribution in [3.05, 3.63) is 35.9 Å². The number of hydrogen-bond acceptors (Lipinski definition) is 2. The van der Waals surface area contributed by atoms with Crippen molar-refractivity contribution in [2.45, 2.75) is 76.8 Å². The number of hydrazone groups is 1. The van der Waals surface area contributed by atoms with Gasteiger partial charge in [0, 0.05) is 17.8 Å². The first-order chi connectivity index (χ1) is 10.2. The molecule has 1 aliphatic heterocycles. The van der Waals surface area contributed by atoms with Crippen molar-refractivity contribution in [2.75, 3.05) is 0 Å². The van der Waals surface area contributed by atoms with E-state index in [-0.39, 0.29) is 0 Å². The van der Waals surface area contributed by atoms with Gasteiger partial charge in [0.2, 0.25) is 0 Å². The highest BCUT2D eigenvalue weighted by molar-refractivity contribution is 5.85. The maximum Gasteiger partial charge on any atom is 0.0445 e. The van der Waals surface area contributed by atoms with Crippen LogP contribution in [0.5, 0.6) is 0 Å². The fraction of sp³-hybridized carbons (Fsp3) is 0.632. The van der Waals surface area contributed by atoms with Crippen molar-refractivity contribution >= 4 is 5.71 Å². The van der Waals surface area contributed by atoms with Crippen molar-refractivity contribution in [1.29, 1.82) is 0 Å². The molecule has 1 aromatic rings. The minimum absolute atomic E-state index is 0.619.